The lowest BCUT2D eigenvalue weighted by Gasteiger charge is -1.99. The molecule has 0 saturated heterocycles. The first-order valence-electron chi connectivity index (χ1n) is 5.77. The fourth-order valence-corrected chi connectivity index (χ4v) is 2.85. The molecule has 0 aromatic heterocycles. The van der Waals surface area contributed by atoms with E-state index in [4.69, 9.17) is 11.6 Å². The zero-order chi connectivity index (χ0) is 14.6. The van der Waals surface area contributed by atoms with Gasteiger partial charge in [0.15, 0.2) is 15.6 Å². The highest BCUT2D eigenvalue weighted by molar-refractivity contribution is 7.94. The standard InChI is InChI=1S/C15H11ClO3S/c16-13-7-4-8-14(11-13)20(18,19)10-9-15(17)12-5-2-1-3-6-12/h1-11H/b10-9+. The van der Waals surface area contributed by atoms with Gasteiger partial charge in [0.25, 0.3) is 0 Å². The average Bonchev–Trinajstić information content (AvgIpc) is 2.46. The van der Waals surface area contributed by atoms with Crippen LogP contribution >= 0.6 is 11.6 Å². The number of ketones is 1. The lowest BCUT2D eigenvalue weighted by Crippen LogP contribution is -1.99. The molecule has 102 valence electrons. The van der Waals surface area contributed by atoms with Gasteiger partial charge in [-0.2, -0.15) is 0 Å². The van der Waals surface area contributed by atoms with Gasteiger partial charge in [0.05, 0.1) is 4.90 Å². The lowest BCUT2D eigenvalue weighted by molar-refractivity contribution is 0.104. The minimum Gasteiger partial charge on any atom is -0.289 e. The van der Waals surface area contributed by atoms with E-state index in [1.807, 2.05) is 0 Å². The molecular formula is C15H11ClO3S. The van der Waals surface area contributed by atoms with Crippen LogP contribution in [0, 0.1) is 0 Å². The largest absolute Gasteiger partial charge is 0.289 e. The summed E-state index contributed by atoms with van der Waals surface area (Å²) in [6, 6.07) is 14.4. The second-order valence-corrected chi connectivity index (χ2v) is 6.31. The summed E-state index contributed by atoms with van der Waals surface area (Å²) in [6.07, 6.45) is 1.05. The number of rotatable bonds is 4. The molecule has 2 rings (SSSR count). The monoisotopic (exact) mass is 306 g/mol. The van der Waals surface area contributed by atoms with Gasteiger partial charge in [-0.05, 0) is 24.3 Å². The van der Waals surface area contributed by atoms with E-state index >= 15 is 0 Å². The number of halogens is 1. The minimum atomic E-state index is -3.67. The smallest absolute Gasteiger partial charge is 0.200 e. The summed E-state index contributed by atoms with van der Waals surface area (Å²) < 4.78 is 24.0. The minimum absolute atomic E-state index is 0.0575. The molecule has 0 saturated carbocycles. The predicted molar refractivity (Wildman–Crippen MR) is 78.6 cm³/mol. The Hall–Kier alpha value is -1.91. The first-order valence-corrected chi connectivity index (χ1v) is 7.69. The van der Waals surface area contributed by atoms with Crippen molar-refractivity contribution in [1.29, 1.82) is 0 Å². The van der Waals surface area contributed by atoms with Gasteiger partial charge in [-0.3, -0.25) is 4.79 Å². The first-order chi connectivity index (χ1) is 9.49. The molecule has 0 fully saturated rings. The van der Waals surface area contributed by atoms with Crippen molar-refractivity contribution >= 4 is 27.2 Å². The van der Waals surface area contributed by atoms with E-state index < -0.39 is 9.84 Å². The number of benzene rings is 2. The van der Waals surface area contributed by atoms with Crippen molar-refractivity contribution in [3.63, 3.8) is 0 Å². The molecule has 0 unspecified atom stereocenters. The summed E-state index contributed by atoms with van der Waals surface area (Å²) >= 11 is 5.75. The van der Waals surface area contributed by atoms with E-state index in [0.29, 0.717) is 10.6 Å². The van der Waals surface area contributed by atoms with Crippen LogP contribution in [0.2, 0.25) is 5.02 Å². The number of carbonyl (C=O) groups is 1. The van der Waals surface area contributed by atoms with Gasteiger partial charge >= 0.3 is 0 Å². The van der Waals surface area contributed by atoms with Crippen molar-refractivity contribution < 1.29 is 13.2 Å². The molecule has 0 radical (unpaired) electrons. The molecule has 2 aromatic rings. The average molecular weight is 307 g/mol. The molecule has 0 spiro atoms. The van der Waals surface area contributed by atoms with E-state index in [1.54, 1.807) is 42.5 Å². The van der Waals surface area contributed by atoms with Crippen LogP contribution in [0.3, 0.4) is 0 Å². The highest BCUT2D eigenvalue weighted by atomic mass is 35.5. The molecular weight excluding hydrogens is 296 g/mol. The van der Waals surface area contributed by atoms with Crippen LogP contribution in [0.15, 0.2) is 71.0 Å². The van der Waals surface area contributed by atoms with Crippen LogP contribution in [0.5, 0.6) is 0 Å². The van der Waals surface area contributed by atoms with E-state index in [-0.39, 0.29) is 10.7 Å². The van der Waals surface area contributed by atoms with Crippen LogP contribution in [0.1, 0.15) is 10.4 Å². The molecule has 0 amide bonds. The molecule has 2 aromatic carbocycles. The molecule has 5 heteroatoms. The molecule has 0 aliphatic heterocycles. The maximum absolute atomic E-state index is 12.0. The van der Waals surface area contributed by atoms with E-state index in [1.165, 1.54) is 12.1 Å². The Kier molecular flexibility index (Phi) is 4.37. The van der Waals surface area contributed by atoms with Crippen LogP contribution in [-0.2, 0) is 9.84 Å². The maximum atomic E-state index is 12.0. The predicted octanol–water partition coefficient (Wildman–Crippen LogP) is 3.51. The highest BCUT2D eigenvalue weighted by Crippen LogP contribution is 2.17. The Morgan fingerprint density at radius 1 is 1.00 bits per heavy atom. The quantitative estimate of drug-likeness (QED) is 0.641. The summed E-state index contributed by atoms with van der Waals surface area (Å²) in [5, 5.41) is 1.22. The summed E-state index contributed by atoms with van der Waals surface area (Å²) in [6.45, 7) is 0. The normalized spacial score (nSPS) is 11.7. The molecule has 0 aliphatic rings. The summed E-state index contributed by atoms with van der Waals surface area (Å²) in [4.78, 5) is 11.9. The van der Waals surface area contributed by atoms with Gasteiger partial charge < -0.3 is 0 Å². The second-order valence-electron chi connectivity index (χ2n) is 4.04. The third-order valence-corrected chi connectivity index (χ3v) is 4.22. The molecule has 20 heavy (non-hydrogen) atoms. The van der Waals surface area contributed by atoms with Crippen LogP contribution in [0.25, 0.3) is 0 Å². The maximum Gasteiger partial charge on any atom is 0.200 e. The van der Waals surface area contributed by atoms with Gasteiger partial charge in [0, 0.05) is 16.0 Å². The third-order valence-electron chi connectivity index (χ3n) is 2.58. The van der Waals surface area contributed by atoms with Gasteiger partial charge in [-0.1, -0.05) is 48.0 Å². The zero-order valence-corrected chi connectivity index (χ0v) is 11.9. The van der Waals surface area contributed by atoms with E-state index in [2.05, 4.69) is 0 Å². The first kappa shape index (κ1) is 14.5. The Morgan fingerprint density at radius 2 is 1.70 bits per heavy atom. The number of hydrogen-bond donors (Lipinski definition) is 0. The Balaban J connectivity index is 2.25. The van der Waals surface area contributed by atoms with Crippen molar-refractivity contribution in [2.75, 3.05) is 0 Å². The molecule has 3 nitrogen and oxygen atoms in total. The van der Waals surface area contributed by atoms with Crippen molar-refractivity contribution in [2.24, 2.45) is 0 Å². The van der Waals surface area contributed by atoms with Gasteiger partial charge in [0.2, 0.25) is 0 Å². The van der Waals surface area contributed by atoms with Crippen LogP contribution < -0.4 is 0 Å². The van der Waals surface area contributed by atoms with Gasteiger partial charge in [-0.25, -0.2) is 8.42 Å². The zero-order valence-electron chi connectivity index (χ0n) is 10.4. The fraction of sp³-hybridized carbons (Fsp3) is 0. The van der Waals surface area contributed by atoms with Crippen LogP contribution in [-0.4, -0.2) is 14.2 Å². The number of hydrogen-bond acceptors (Lipinski definition) is 3. The molecule has 0 N–H and O–H groups in total. The number of sulfone groups is 1. The lowest BCUT2D eigenvalue weighted by atomic mass is 10.1. The van der Waals surface area contributed by atoms with E-state index in [0.717, 1.165) is 11.5 Å². The molecule has 0 heterocycles. The summed E-state index contributed by atoms with van der Waals surface area (Å²) in [5.41, 5.74) is 0.435. The van der Waals surface area contributed by atoms with Gasteiger partial charge in [0.1, 0.15) is 0 Å². The number of carbonyl (C=O) groups excluding carboxylic acids is 1. The van der Waals surface area contributed by atoms with Crippen molar-refractivity contribution in [1.82, 2.24) is 0 Å². The molecule has 0 atom stereocenters. The van der Waals surface area contributed by atoms with E-state index in [9.17, 15) is 13.2 Å². The summed E-state index contributed by atoms with van der Waals surface area (Å²) in [7, 11) is -3.67. The van der Waals surface area contributed by atoms with Gasteiger partial charge in [-0.15, -0.1) is 0 Å². The Morgan fingerprint density at radius 3 is 2.35 bits per heavy atom. The molecule has 0 bridgehead atoms. The van der Waals surface area contributed by atoms with Crippen molar-refractivity contribution in [2.45, 2.75) is 4.90 Å². The Labute approximate surface area is 122 Å². The van der Waals surface area contributed by atoms with Crippen molar-refractivity contribution in [3.8, 4) is 0 Å². The third kappa shape index (κ3) is 3.56. The van der Waals surface area contributed by atoms with Crippen molar-refractivity contribution in [3.05, 3.63) is 76.7 Å². The Bertz CT molecular complexity index is 750. The summed E-state index contributed by atoms with van der Waals surface area (Å²) in [5.74, 6) is -0.365. The topological polar surface area (TPSA) is 51.2 Å². The second kappa shape index (κ2) is 6.03. The SMILES string of the molecule is O=C(/C=C/S(=O)(=O)c1cccc(Cl)c1)c1ccccc1. The highest BCUT2D eigenvalue weighted by Gasteiger charge is 2.11. The fourth-order valence-electron chi connectivity index (χ4n) is 1.57. The van der Waals surface area contributed by atoms with Crippen LogP contribution in [0.4, 0.5) is 0 Å². The number of allylic oxidation sites excluding steroid dienone is 1. The molecule has 0 aliphatic carbocycles.